The standard InChI is InChI=1S/C25H24N4O4/c1-25(2)32-21-18(12-30)31-24(22(21)33-25)29-14-28-20-19(26-13-27-23(20)29)17-10-6-9-16(11-17)15-7-4-3-5-8-15/h3-11,13-14,18,21-22,24,30H,12H2,1-2H3/t18-,21-,22-,24-/m1/s1. The van der Waals surface area contributed by atoms with Crippen LogP contribution >= 0.6 is 0 Å². The van der Waals surface area contributed by atoms with E-state index < -0.39 is 18.1 Å². The summed E-state index contributed by atoms with van der Waals surface area (Å²) in [6.45, 7) is 3.57. The van der Waals surface area contributed by atoms with Crippen LogP contribution in [0.3, 0.4) is 0 Å². The third kappa shape index (κ3) is 3.43. The van der Waals surface area contributed by atoms with Gasteiger partial charge in [0, 0.05) is 5.56 Å². The summed E-state index contributed by atoms with van der Waals surface area (Å²) in [4.78, 5) is 13.7. The Morgan fingerprint density at radius 3 is 2.48 bits per heavy atom. The molecule has 2 aliphatic rings. The van der Waals surface area contributed by atoms with Crippen molar-refractivity contribution in [2.45, 2.75) is 44.2 Å². The smallest absolute Gasteiger partial charge is 0.166 e. The third-order valence-electron chi connectivity index (χ3n) is 6.18. The predicted octanol–water partition coefficient (Wildman–Crippen LogP) is 3.57. The highest BCUT2D eigenvalue weighted by atomic mass is 16.8. The minimum Gasteiger partial charge on any atom is -0.394 e. The molecule has 8 heteroatoms. The van der Waals surface area contributed by atoms with Gasteiger partial charge in [-0.1, -0.05) is 48.5 Å². The Hall–Kier alpha value is -3.17. The van der Waals surface area contributed by atoms with Crippen LogP contribution in [0.25, 0.3) is 33.5 Å². The Morgan fingerprint density at radius 2 is 1.67 bits per heavy atom. The lowest BCUT2D eigenvalue weighted by Gasteiger charge is -2.24. The summed E-state index contributed by atoms with van der Waals surface area (Å²) < 4.78 is 20.1. The topological polar surface area (TPSA) is 91.5 Å². The van der Waals surface area contributed by atoms with Gasteiger partial charge < -0.3 is 19.3 Å². The van der Waals surface area contributed by atoms with Gasteiger partial charge in [0.1, 0.15) is 35.8 Å². The molecular weight excluding hydrogens is 420 g/mol. The maximum absolute atomic E-state index is 9.81. The first kappa shape index (κ1) is 20.4. The van der Waals surface area contributed by atoms with Crippen LogP contribution < -0.4 is 0 Å². The molecule has 0 saturated carbocycles. The van der Waals surface area contributed by atoms with Crippen molar-refractivity contribution in [3.8, 4) is 22.4 Å². The number of fused-ring (bicyclic) bond motifs is 2. The Morgan fingerprint density at radius 1 is 0.909 bits per heavy atom. The molecule has 4 atom stereocenters. The summed E-state index contributed by atoms with van der Waals surface area (Å²) in [5.41, 5.74) is 5.25. The predicted molar refractivity (Wildman–Crippen MR) is 121 cm³/mol. The Labute approximate surface area is 190 Å². The van der Waals surface area contributed by atoms with Crippen molar-refractivity contribution in [3.63, 3.8) is 0 Å². The van der Waals surface area contributed by atoms with Crippen molar-refractivity contribution in [1.82, 2.24) is 19.5 Å². The number of benzene rings is 2. The van der Waals surface area contributed by atoms with E-state index in [4.69, 9.17) is 14.2 Å². The number of imidazole rings is 1. The number of ether oxygens (including phenoxy) is 3. The fourth-order valence-corrected chi connectivity index (χ4v) is 4.76. The molecule has 2 fully saturated rings. The van der Waals surface area contributed by atoms with Crippen molar-refractivity contribution >= 4 is 11.2 Å². The molecule has 0 amide bonds. The van der Waals surface area contributed by atoms with E-state index in [-0.39, 0.29) is 18.8 Å². The summed E-state index contributed by atoms with van der Waals surface area (Å²) >= 11 is 0. The first-order valence-corrected chi connectivity index (χ1v) is 11.0. The molecule has 8 nitrogen and oxygen atoms in total. The minimum absolute atomic E-state index is 0.156. The molecule has 2 aromatic heterocycles. The number of hydrogen-bond acceptors (Lipinski definition) is 7. The maximum Gasteiger partial charge on any atom is 0.166 e. The number of aliphatic hydroxyl groups is 1. The maximum atomic E-state index is 9.81. The molecule has 0 unspecified atom stereocenters. The van der Waals surface area contributed by atoms with Gasteiger partial charge in [-0.3, -0.25) is 4.57 Å². The molecule has 4 aromatic rings. The van der Waals surface area contributed by atoms with E-state index in [1.165, 1.54) is 6.33 Å². The van der Waals surface area contributed by atoms with E-state index in [0.717, 1.165) is 22.4 Å². The van der Waals surface area contributed by atoms with Gasteiger partial charge in [0.15, 0.2) is 17.7 Å². The first-order valence-electron chi connectivity index (χ1n) is 11.0. The largest absolute Gasteiger partial charge is 0.394 e. The van der Waals surface area contributed by atoms with Gasteiger partial charge in [0.2, 0.25) is 0 Å². The molecule has 2 aliphatic heterocycles. The molecule has 4 heterocycles. The Balaban J connectivity index is 1.41. The van der Waals surface area contributed by atoms with Crippen LogP contribution in [0.2, 0.25) is 0 Å². The van der Waals surface area contributed by atoms with Crippen LogP contribution in [-0.4, -0.2) is 55.3 Å². The Kier molecular flexibility index (Phi) is 4.77. The summed E-state index contributed by atoms with van der Waals surface area (Å²) in [6, 6.07) is 18.4. The van der Waals surface area contributed by atoms with E-state index >= 15 is 0 Å². The highest BCUT2D eigenvalue weighted by Crippen LogP contribution is 2.43. The Bertz CT molecular complexity index is 1310. The second kappa shape index (κ2) is 7.71. The van der Waals surface area contributed by atoms with Gasteiger partial charge in [0.05, 0.1) is 12.9 Å². The zero-order chi connectivity index (χ0) is 22.6. The van der Waals surface area contributed by atoms with Crippen LogP contribution in [0.5, 0.6) is 0 Å². The molecule has 0 aliphatic carbocycles. The second-order valence-electron chi connectivity index (χ2n) is 8.81. The minimum atomic E-state index is -0.751. The number of hydrogen-bond donors (Lipinski definition) is 1. The fraction of sp³-hybridized carbons (Fsp3) is 0.320. The van der Waals surface area contributed by atoms with E-state index in [1.54, 1.807) is 6.33 Å². The fourth-order valence-electron chi connectivity index (χ4n) is 4.76. The quantitative estimate of drug-likeness (QED) is 0.514. The van der Waals surface area contributed by atoms with Crippen LogP contribution in [0.15, 0.2) is 67.3 Å². The molecule has 0 bridgehead atoms. The average molecular weight is 444 g/mol. The summed E-state index contributed by atoms with van der Waals surface area (Å²) in [5.74, 6) is -0.751. The number of aromatic nitrogens is 4. The van der Waals surface area contributed by atoms with Gasteiger partial charge in [-0.25, -0.2) is 15.0 Å². The average Bonchev–Trinajstić information content (AvgIpc) is 3.50. The molecule has 6 rings (SSSR count). The second-order valence-corrected chi connectivity index (χ2v) is 8.81. The van der Waals surface area contributed by atoms with Crippen molar-refractivity contribution in [3.05, 3.63) is 67.3 Å². The molecule has 0 radical (unpaired) electrons. The van der Waals surface area contributed by atoms with Crippen LogP contribution in [-0.2, 0) is 14.2 Å². The van der Waals surface area contributed by atoms with Crippen LogP contribution in [0, 0.1) is 0 Å². The zero-order valence-corrected chi connectivity index (χ0v) is 18.3. The number of rotatable bonds is 4. The van der Waals surface area contributed by atoms with Gasteiger partial charge in [0.25, 0.3) is 0 Å². The molecule has 33 heavy (non-hydrogen) atoms. The van der Waals surface area contributed by atoms with Gasteiger partial charge in [-0.05, 0) is 31.0 Å². The van der Waals surface area contributed by atoms with Gasteiger partial charge in [-0.15, -0.1) is 0 Å². The van der Waals surface area contributed by atoms with E-state index in [1.807, 2.05) is 48.7 Å². The third-order valence-corrected chi connectivity index (χ3v) is 6.18. The van der Waals surface area contributed by atoms with Crippen molar-refractivity contribution in [2.75, 3.05) is 6.61 Å². The van der Waals surface area contributed by atoms with Gasteiger partial charge >= 0.3 is 0 Å². The lowest BCUT2D eigenvalue weighted by molar-refractivity contribution is -0.199. The van der Waals surface area contributed by atoms with Crippen LogP contribution in [0.4, 0.5) is 0 Å². The molecule has 2 aromatic carbocycles. The monoisotopic (exact) mass is 444 g/mol. The van der Waals surface area contributed by atoms with Crippen LogP contribution in [0.1, 0.15) is 20.1 Å². The first-order chi connectivity index (χ1) is 16.0. The SMILES string of the molecule is CC1(C)O[C@@H]2[C@H](O1)[C@@H](CO)O[C@H]2n1cnc2c(-c3cccc(-c4ccccc4)c3)ncnc21. The lowest BCUT2D eigenvalue weighted by Crippen LogP contribution is -2.31. The van der Waals surface area contributed by atoms with Crippen molar-refractivity contribution in [2.24, 2.45) is 0 Å². The summed E-state index contributed by atoms with van der Waals surface area (Å²) in [5, 5.41) is 9.81. The normalized spacial score (nSPS) is 26.0. The summed E-state index contributed by atoms with van der Waals surface area (Å²) in [6.07, 6.45) is 1.49. The molecule has 1 N–H and O–H groups in total. The van der Waals surface area contributed by atoms with Crippen molar-refractivity contribution < 1.29 is 19.3 Å². The molecule has 0 spiro atoms. The van der Waals surface area contributed by atoms with E-state index in [0.29, 0.717) is 11.2 Å². The zero-order valence-electron chi connectivity index (χ0n) is 18.3. The highest BCUT2D eigenvalue weighted by Gasteiger charge is 2.56. The molecule has 2 saturated heterocycles. The van der Waals surface area contributed by atoms with E-state index in [2.05, 4.69) is 39.2 Å². The van der Waals surface area contributed by atoms with Gasteiger partial charge in [-0.2, -0.15) is 0 Å². The van der Waals surface area contributed by atoms with E-state index in [9.17, 15) is 5.11 Å². The summed E-state index contributed by atoms with van der Waals surface area (Å²) in [7, 11) is 0. The number of aliphatic hydroxyl groups excluding tert-OH is 1. The highest BCUT2D eigenvalue weighted by molar-refractivity contribution is 5.88. The lowest BCUT2D eigenvalue weighted by atomic mass is 10.0. The van der Waals surface area contributed by atoms with Crippen molar-refractivity contribution in [1.29, 1.82) is 0 Å². The number of nitrogens with zero attached hydrogens (tertiary/aromatic N) is 4. The molecule has 168 valence electrons. The molecular formula is C25H24N4O4.